The Balaban J connectivity index is 2.04. The summed E-state index contributed by atoms with van der Waals surface area (Å²) in [6.45, 7) is 1.91. The summed E-state index contributed by atoms with van der Waals surface area (Å²) in [5.74, 6) is -0.751. The van der Waals surface area contributed by atoms with Crippen molar-refractivity contribution in [3.8, 4) is 0 Å². The SMILES string of the molecule is COC(=O)c1ccc(C(=O)N[C@@H](C)c2cccs2)nc1. The molecule has 0 saturated carbocycles. The summed E-state index contributed by atoms with van der Waals surface area (Å²) in [6.07, 6.45) is 1.33. The van der Waals surface area contributed by atoms with Gasteiger partial charge < -0.3 is 10.1 Å². The first kappa shape index (κ1) is 14.2. The maximum Gasteiger partial charge on any atom is 0.339 e. The number of carbonyl (C=O) groups excluding carboxylic acids is 2. The van der Waals surface area contributed by atoms with Crippen LogP contribution in [-0.4, -0.2) is 24.0 Å². The molecular formula is C14H14N2O3S. The molecule has 1 atom stereocenters. The maximum atomic E-state index is 12.0. The van der Waals surface area contributed by atoms with Crippen LogP contribution in [0.4, 0.5) is 0 Å². The van der Waals surface area contributed by atoms with Crippen molar-refractivity contribution in [1.29, 1.82) is 0 Å². The van der Waals surface area contributed by atoms with Crippen LogP contribution < -0.4 is 5.32 Å². The summed E-state index contributed by atoms with van der Waals surface area (Å²) in [4.78, 5) is 28.3. The van der Waals surface area contributed by atoms with Crippen molar-refractivity contribution >= 4 is 23.2 Å². The van der Waals surface area contributed by atoms with Crippen LogP contribution in [0.25, 0.3) is 0 Å². The molecule has 2 heterocycles. The molecule has 0 unspecified atom stereocenters. The van der Waals surface area contributed by atoms with Gasteiger partial charge in [0.1, 0.15) is 5.69 Å². The minimum Gasteiger partial charge on any atom is -0.465 e. The lowest BCUT2D eigenvalue weighted by atomic mass is 10.2. The van der Waals surface area contributed by atoms with Gasteiger partial charge >= 0.3 is 5.97 Å². The predicted octanol–water partition coefficient (Wildman–Crippen LogP) is 2.42. The lowest BCUT2D eigenvalue weighted by Gasteiger charge is -2.11. The second-order valence-corrected chi connectivity index (χ2v) is 5.11. The second kappa shape index (κ2) is 6.29. The van der Waals surface area contributed by atoms with Gasteiger partial charge in [-0.2, -0.15) is 0 Å². The molecule has 20 heavy (non-hydrogen) atoms. The van der Waals surface area contributed by atoms with Gasteiger partial charge in [-0.3, -0.25) is 9.78 Å². The molecule has 0 aromatic carbocycles. The number of hydrogen-bond donors (Lipinski definition) is 1. The van der Waals surface area contributed by atoms with Crippen LogP contribution in [-0.2, 0) is 4.74 Å². The number of nitrogens with zero attached hydrogens (tertiary/aromatic N) is 1. The zero-order chi connectivity index (χ0) is 14.5. The predicted molar refractivity (Wildman–Crippen MR) is 75.8 cm³/mol. The number of esters is 1. The van der Waals surface area contributed by atoms with Gasteiger partial charge in [0.15, 0.2) is 0 Å². The monoisotopic (exact) mass is 290 g/mol. The largest absolute Gasteiger partial charge is 0.465 e. The highest BCUT2D eigenvalue weighted by atomic mass is 32.1. The van der Waals surface area contributed by atoms with E-state index in [-0.39, 0.29) is 17.6 Å². The number of rotatable bonds is 4. The Morgan fingerprint density at radius 3 is 2.70 bits per heavy atom. The normalized spacial score (nSPS) is 11.7. The summed E-state index contributed by atoms with van der Waals surface area (Å²) in [7, 11) is 1.30. The van der Waals surface area contributed by atoms with Gasteiger partial charge in [-0.05, 0) is 30.5 Å². The van der Waals surface area contributed by atoms with E-state index in [0.717, 1.165) is 4.88 Å². The highest BCUT2D eigenvalue weighted by Crippen LogP contribution is 2.18. The first-order valence-corrected chi connectivity index (χ1v) is 6.88. The van der Waals surface area contributed by atoms with Crippen LogP contribution in [0.2, 0.25) is 0 Å². The number of amides is 1. The summed E-state index contributed by atoms with van der Waals surface area (Å²) in [5.41, 5.74) is 0.580. The van der Waals surface area contributed by atoms with Crippen molar-refractivity contribution in [2.75, 3.05) is 7.11 Å². The van der Waals surface area contributed by atoms with Gasteiger partial charge in [0, 0.05) is 11.1 Å². The van der Waals surface area contributed by atoms with E-state index in [0.29, 0.717) is 5.56 Å². The molecule has 0 spiro atoms. The molecule has 2 rings (SSSR count). The van der Waals surface area contributed by atoms with Crippen LogP contribution >= 0.6 is 11.3 Å². The lowest BCUT2D eigenvalue weighted by Crippen LogP contribution is -2.27. The zero-order valence-electron chi connectivity index (χ0n) is 11.1. The van der Waals surface area contributed by atoms with Crippen LogP contribution in [0.1, 0.15) is 38.7 Å². The van der Waals surface area contributed by atoms with Gasteiger partial charge in [-0.25, -0.2) is 4.79 Å². The topological polar surface area (TPSA) is 68.3 Å². The fourth-order valence-electron chi connectivity index (χ4n) is 1.65. The Hall–Kier alpha value is -2.21. The van der Waals surface area contributed by atoms with Crippen molar-refractivity contribution in [2.45, 2.75) is 13.0 Å². The summed E-state index contributed by atoms with van der Waals surface area (Å²) < 4.78 is 4.57. The molecular weight excluding hydrogens is 276 g/mol. The molecule has 1 amide bonds. The molecule has 6 heteroatoms. The van der Waals surface area contributed by atoms with E-state index in [1.165, 1.54) is 25.4 Å². The van der Waals surface area contributed by atoms with E-state index in [9.17, 15) is 9.59 Å². The fraction of sp³-hybridized carbons (Fsp3) is 0.214. The van der Waals surface area contributed by atoms with Crippen molar-refractivity contribution < 1.29 is 14.3 Å². The van der Waals surface area contributed by atoms with Gasteiger partial charge in [-0.1, -0.05) is 6.07 Å². The smallest absolute Gasteiger partial charge is 0.339 e. The third-order valence-electron chi connectivity index (χ3n) is 2.73. The Labute approximate surface area is 120 Å². The minimum atomic E-state index is -0.476. The van der Waals surface area contributed by atoms with Gasteiger partial charge in [-0.15, -0.1) is 11.3 Å². The van der Waals surface area contributed by atoms with Crippen molar-refractivity contribution in [3.05, 3.63) is 52.0 Å². The highest BCUT2D eigenvalue weighted by molar-refractivity contribution is 7.10. The summed E-state index contributed by atoms with van der Waals surface area (Å²) in [6, 6.07) is 6.84. The second-order valence-electron chi connectivity index (χ2n) is 4.13. The fourth-order valence-corrected chi connectivity index (χ4v) is 2.38. The lowest BCUT2D eigenvalue weighted by molar-refractivity contribution is 0.0599. The average Bonchev–Trinajstić information content (AvgIpc) is 3.01. The standard InChI is InChI=1S/C14H14N2O3S/c1-9(12-4-3-7-20-12)16-13(17)11-6-5-10(8-15-11)14(18)19-2/h3-9H,1-2H3,(H,16,17)/t9-/m0/s1. The number of hydrogen-bond acceptors (Lipinski definition) is 5. The highest BCUT2D eigenvalue weighted by Gasteiger charge is 2.14. The Morgan fingerprint density at radius 1 is 1.35 bits per heavy atom. The Morgan fingerprint density at radius 2 is 2.15 bits per heavy atom. The number of ether oxygens (including phenoxy) is 1. The van der Waals surface area contributed by atoms with Gasteiger partial charge in [0.05, 0.1) is 18.7 Å². The van der Waals surface area contributed by atoms with E-state index < -0.39 is 5.97 Å². The average molecular weight is 290 g/mol. The summed E-state index contributed by atoms with van der Waals surface area (Å²) in [5, 5.41) is 4.81. The molecule has 0 bridgehead atoms. The Bertz CT molecular complexity index is 593. The first-order chi connectivity index (χ1) is 9.61. The molecule has 2 aromatic rings. The van der Waals surface area contributed by atoms with E-state index in [1.807, 2.05) is 24.4 Å². The molecule has 5 nitrogen and oxygen atoms in total. The number of thiophene rings is 1. The maximum absolute atomic E-state index is 12.0. The molecule has 1 N–H and O–H groups in total. The molecule has 0 fully saturated rings. The quantitative estimate of drug-likeness (QED) is 0.878. The van der Waals surface area contributed by atoms with Crippen LogP contribution in [0.3, 0.4) is 0 Å². The van der Waals surface area contributed by atoms with E-state index in [2.05, 4.69) is 15.0 Å². The van der Waals surface area contributed by atoms with E-state index in [1.54, 1.807) is 11.3 Å². The van der Waals surface area contributed by atoms with Crippen molar-refractivity contribution in [2.24, 2.45) is 0 Å². The number of methoxy groups -OCH3 is 1. The molecule has 0 aliphatic rings. The molecule has 2 aromatic heterocycles. The first-order valence-electron chi connectivity index (χ1n) is 6.00. The molecule has 0 aliphatic heterocycles. The Kier molecular flexibility index (Phi) is 4.47. The third-order valence-corrected chi connectivity index (χ3v) is 3.79. The summed E-state index contributed by atoms with van der Waals surface area (Å²) >= 11 is 1.58. The van der Waals surface area contributed by atoms with E-state index >= 15 is 0 Å². The van der Waals surface area contributed by atoms with Crippen LogP contribution in [0, 0.1) is 0 Å². The number of carbonyl (C=O) groups is 2. The minimum absolute atomic E-state index is 0.0791. The molecule has 0 radical (unpaired) electrons. The number of nitrogens with one attached hydrogen (secondary N) is 1. The molecule has 0 aliphatic carbocycles. The van der Waals surface area contributed by atoms with Crippen molar-refractivity contribution in [3.63, 3.8) is 0 Å². The van der Waals surface area contributed by atoms with Gasteiger partial charge in [0.25, 0.3) is 5.91 Å². The van der Waals surface area contributed by atoms with Crippen LogP contribution in [0.15, 0.2) is 35.8 Å². The third kappa shape index (κ3) is 3.21. The van der Waals surface area contributed by atoms with Gasteiger partial charge in [0.2, 0.25) is 0 Å². The molecule has 104 valence electrons. The van der Waals surface area contributed by atoms with Crippen molar-refractivity contribution in [1.82, 2.24) is 10.3 Å². The van der Waals surface area contributed by atoms with Crippen LogP contribution in [0.5, 0.6) is 0 Å². The van der Waals surface area contributed by atoms with E-state index in [4.69, 9.17) is 0 Å². The zero-order valence-corrected chi connectivity index (χ0v) is 11.9. The number of pyridine rings is 1. The molecule has 0 saturated heterocycles. The number of aromatic nitrogens is 1.